The fraction of sp³-hybridized carbons (Fsp3) is 0.316. The number of benzene rings is 1. The highest BCUT2D eigenvalue weighted by Crippen LogP contribution is 2.20. The normalized spacial score (nSPS) is 13.3. The van der Waals surface area contributed by atoms with Crippen molar-refractivity contribution >= 4 is 53.2 Å². The molecule has 5 rings (SSSR count). The molecule has 0 bridgehead atoms. The number of aliphatic carboxylic acids is 2. The number of amides is 3. The van der Waals surface area contributed by atoms with Crippen molar-refractivity contribution in [2.24, 2.45) is 14.1 Å². The number of carbonyl (C=O) groups excluding carboxylic acids is 3. The molecule has 3 amide bonds. The van der Waals surface area contributed by atoms with Gasteiger partial charge < -0.3 is 50.0 Å². The zero-order valence-electron chi connectivity index (χ0n) is 32.2. The van der Waals surface area contributed by atoms with Gasteiger partial charge >= 0.3 is 24.3 Å². The van der Waals surface area contributed by atoms with E-state index >= 15 is 0 Å². The summed E-state index contributed by atoms with van der Waals surface area (Å²) in [6, 6.07) is 14.3. The standard InChI is InChI=1S/C34H39N7O5.2C2HF3O2/c1-39-22-27(18-30(39)33(44)35-14-17-41-15-12-28(42)13-16-41)38-34(45)31-19-26(21-40(31)2)37-32(43)24-7-9-25(36-20-24)8-4-23-5-10-29(46-3)11-6-23;2*3-2(4,5)1(6)7/h4-11,18-22,28,42H,12-17H2,1-3H3,(H,35,44)(H,37,43)(H,38,45);2*(H,6,7)/b8-4+;;. The van der Waals surface area contributed by atoms with Crippen LogP contribution in [0.15, 0.2) is 67.1 Å². The fourth-order valence-corrected chi connectivity index (χ4v) is 5.21. The van der Waals surface area contributed by atoms with Gasteiger partial charge in [-0.2, -0.15) is 26.3 Å². The molecule has 1 aliphatic heterocycles. The Morgan fingerprint density at radius 3 is 1.75 bits per heavy atom. The number of carboxylic acids is 2. The van der Waals surface area contributed by atoms with Crippen molar-refractivity contribution in [1.29, 1.82) is 0 Å². The maximum Gasteiger partial charge on any atom is 0.490 e. The number of anilines is 2. The number of carboxylic acid groups (broad SMARTS) is 2. The number of rotatable bonds is 11. The molecule has 60 heavy (non-hydrogen) atoms. The van der Waals surface area contributed by atoms with Crippen molar-refractivity contribution in [1.82, 2.24) is 24.3 Å². The summed E-state index contributed by atoms with van der Waals surface area (Å²) >= 11 is 0. The van der Waals surface area contributed by atoms with Crippen LogP contribution in [0.1, 0.15) is 55.4 Å². The number of halogens is 6. The summed E-state index contributed by atoms with van der Waals surface area (Å²) in [6.07, 6.45) is -0.287. The van der Waals surface area contributed by atoms with E-state index in [1.54, 1.807) is 67.0 Å². The summed E-state index contributed by atoms with van der Waals surface area (Å²) in [5, 5.41) is 32.5. The summed E-state index contributed by atoms with van der Waals surface area (Å²) in [4.78, 5) is 63.1. The summed E-state index contributed by atoms with van der Waals surface area (Å²) < 4.78 is 71.9. The van der Waals surface area contributed by atoms with E-state index in [1.807, 2.05) is 36.4 Å². The second kappa shape index (κ2) is 21.4. The SMILES string of the molecule is COc1ccc(/C=C/c2ccc(C(=O)Nc3cc(C(=O)Nc4cc(C(=O)NCCN5CCC(O)CC5)n(C)c4)n(C)c3)cn2)cc1.O=C(O)C(F)(F)F.O=C(O)C(F)(F)F. The van der Waals surface area contributed by atoms with Crippen LogP contribution < -0.4 is 20.7 Å². The summed E-state index contributed by atoms with van der Waals surface area (Å²) in [5.74, 6) is -5.71. The number of methoxy groups -OCH3 is 1. The van der Waals surface area contributed by atoms with Gasteiger partial charge in [-0.25, -0.2) is 9.59 Å². The first kappa shape index (κ1) is 47.7. The number of nitrogens with zero attached hydrogens (tertiary/aromatic N) is 4. The molecule has 0 atom stereocenters. The lowest BCUT2D eigenvalue weighted by atomic mass is 10.1. The Kier molecular flexibility index (Phi) is 17.0. The van der Waals surface area contributed by atoms with E-state index in [-0.39, 0.29) is 23.8 Å². The quantitative estimate of drug-likeness (QED) is 0.112. The minimum atomic E-state index is -5.08. The predicted octanol–water partition coefficient (Wildman–Crippen LogP) is 4.90. The summed E-state index contributed by atoms with van der Waals surface area (Å²) in [6.45, 7) is 2.83. The lowest BCUT2D eigenvalue weighted by molar-refractivity contribution is -0.193. The number of ether oxygens (including phenoxy) is 1. The predicted molar refractivity (Wildman–Crippen MR) is 204 cm³/mol. The zero-order chi connectivity index (χ0) is 44.8. The maximum absolute atomic E-state index is 13.1. The summed E-state index contributed by atoms with van der Waals surface area (Å²) in [5.41, 5.74) is 3.74. The Labute approximate surface area is 338 Å². The van der Waals surface area contributed by atoms with E-state index in [2.05, 4.69) is 25.8 Å². The van der Waals surface area contributed by atoms with Gasteiger partial charge in [-0.15, -0.1) is 0 Å². The molecule has 16 nitrogen and oxygen atoms in total. The van der Waals surface area contributed by atoms with E-state index in [1.165, 1.54) is 6.20 Å². The van der Waals surface area contributed by atoms with Crippen LogP contribution in [0, 0.1) is 0 Å². The minimum absolute atomic E-state index is 0.231. The third-order valence-electron chi connectivity index (χ3n) is 8.36. The first-order chi connectivity index (χ1) is 28.1. The molecule has 0 aliphatic carbocycles. The Bertz CT molecular complexity index is 2100. The number of hydrogen-bond acceptors (Lipinski definition) is 9. The number of aromatic nitrogens is 3. The molecule has 0 unspecified atom stereocenters. The smallest absolute Gasteiger partial charge is 0.490 e. The monoisotopic (exact) mass is 853 g/mol. The van der Waals surface area contributed by atoms with Crippen LogP contribution in [0.3, 0.4) is 0 Å². The van der Waals surface area contributed by atoms with Gasteiger partial charge in [-0.1, -0.05) is 18.2 Å². The van der Waals surface area contributed by atoms with Crippen LogP contribution >= 0.6 is 0 Å². The molecular weight excluding hydrogens is 812 g/mol. The number of aryl methyl sites for hydroxylation is 2. The molecule has 1 saturated heterocycles. The highest BCUT2D eigenvalue weighted by molar-refractivity contribution is 6.07. The van der Waals surface area contributed by atoms with Crippen molar-refractivity contribution in [3.8, 4) is 5.75 Å². The average molecular weight is 854 g/mol. The van der Waals surface area contributed by atoms with Gasteiger partial charge in [0.25, 0.3) is 17.7 Å². The fourth-order valence-electron chi connectivity index (χ4n) is 5.21. The van der Waals surface area contributed by atoms with Gasteiger partial charge in [0.2, 0.25) is 0 Å². The first-order valence-corrected chi connectivity index (χ1v) is 17.6. The van der Waals surface area contributed by atoms with Crippen molar-refractivity contribution in [3.63, 3.8) is 0 Å². The molecule has 6 N–H and O–H groups in total. The second-order valence-corrected chi connectivity index (χ2v) is 12.9. The maximum atomic E-state index is 13.1. The Balaban J connectivity index is 0.000000589. The van der Waals surface area contributed by atoms with Gasteiger partial charge in [0.05, 0.1) is 35.8 Å². The molecule has 0 spiro atoms. The molecule has 1 aliphatic rings. The number of nitrogens with one attached hydrogen (secondary N) is 3. The van der Waals surface area contributed by atoms with Crippen molar-refractivity contribution in [3.05, 3.63) is 95.3 Å². The second-order valence-electron chi connectivity index (χ2n) is 12.9. The Hall–Kier alpha value is -6.68. The van der Waals surface area contributed by atoms with Crippen LogP contribution in [0.5, 0.6) is 5.75 Å². The van der Waals surface area contributed by atoms with Crippen molar-refractivity contribution < 1.29 is 70.4 Å². The van der Waals surface area contributed by atoms with E-state index in [0.717, 1.165) is 37.2 Å². The first-order valence-electron chi connectivity index (χ1n) is 17.6. The van der Waals surface area contributed by atoms with Gasteiger partial charge in [-0.3, -0.25) is 19.4 Å². The lowest BCUT2D eigenvalue weighted by Gasteiger charge is -2.29. The topological polar surface area (TPSA) is 217 Å². The minimum Gasteiger partial charge on any atom is -0.497 e. The molecule has 4 heterocycles. The highest BCUT2D eigenvalue weighted by Gasteiger charge is 2.39. The molecule has 22 heteroatoms. The molecule has 1 fully saturated rings. The van der Waals surface area contributed by atoms with Crippen LogP contribution in [-0.4, -0.2) is 116 Å². The number of aliphatic hydroxyl groups is 1. The van der Waals surface area contributed by atoms with Crippen LogP contribution in [0.2, 0.25) is 0 Å². The van der Waals surface area contributed by atoms with Crippen LogP contribution in [0.4, 0.5) is 37.7 Å². The van der Waals surface area contributed by atoms with Gasteiger partial charge in [0.15, 0.2) is 0 Å². The van der Waals surface area contributed by atoms with Gasteiger partial charge in [0.1, 0.15) is 17.1 Å². The van der Waals surface area contributed by atoms with Gasteiger partial charge in [0, 0.05) is 58.9 Å². The zero-order valence-corrected chi connectivity index (χ0v) is 32.2. The average Bonchev–Trinajstić information content (AvgIpc) is 3.75. The van der Waals surface area contributed by atoms with Crippen molar-refractivity contribution in [2.75, 3.05) is 43.9 Å². The highest BCUT2D eigenvalue weighted by atomic mass is 19.4. The summed E-state index contributed by atoms with van der Waals surface area (Å²) in [7, 11) is 5.08. The third-order valence-corrected chi connectivity index (χ3v) is 8.36. The van der Waals surface area contributed by atoms with Gasteiger partial charge in [-0.05, 0) is 60.9 Å². The van der Waals surface area contributed by atoms with Crippen molar-refractivity contribution in [2.45, 2.75) is 31.3 Å². The lowest BCUT2D eigenvalue weighted by Crippen LogP contribution is -2.41. The number of aliphatic hydroxyl groups excluding tert-OH is 1. The number of hydrogen-bond donors (Lipinski definition) is 6. The molecule has 3 aromatic heterocycles. The molecular formula is C38H41F6N7O9. The third kappa shape index (κ3) is 15.2. The van der Waals surface area contributed by atoms with E-state index < -0.39 is 24.3 Å². The molecule has 0 radical (unpaired) electrons. The number of likely N-dealkylation sites (tertiary alicyclic amines) is 1. The molecule has 4 aromatic rings. The van der Waals surface area contributed by atoms with Crippen LogP contribution in [0.25, 0.3) is 12.2 Å². The van der Waals surface area contributed by atoms with E-state index in [0.29, 0.717) is 47.1 Å². The molecule has 1 aromatic carbocycles. The Morgan fingerprint density at radius 1 is 0.783 bits per heavy atom. The number of piperidine rings is 1. The number of alkyl halides is 6. The number of pyridine rings is 1. The number of carbonyl (C=O) groups is 5. The van der Waals surface area contributed by atoms with Crippen LogP contribution in [-0.2, 0) is 23.7 Å². The Morgan fingerprint density at radius 2 is 1.28 bits per heavy atom. The van der Waals surface area contributed by atoms with E-state index in [4.69, 9.17) is 24.5 Å². The molecule has 0 saturated carbocycles. The molecule has 324 valence electrons. The van der Waals surface area contributed by atoms with E-state index in [9.17, 15) is 45.8 Å². The largest absolute Gasteiger partial charge is 0.497 e.